The summed E-state index contributed by atoms with van der Waals surface area (Å²) in [5.41, 5.74) is 0.713. The van der Waals surface area contributed by atoms with Gasteiger partial charge in [-0.2, -0.15) is 4.39 Å². The summed E-state index contributed by atoms with van der Waals surface area (Å²) in [7, 11) is 0. The summed E-state index contributed by atoms with van der Waals surface area (Å²) in [6.07, 6.45) is 3.21. The second kappa shape index (κ2) is 3.30. The van der Waals surface area contributed by atoms with E-state index in [9.17, 15) is 4.39 Å². The average molecular weight is 139 g/mol. The minimum absolute atomic E-state index is 0.329. The number of rotatable bonds is 2. The zero-order valence-corrected chi connectivity index (χ0v) is 5.97. The van der Waals surface area contributed by atoms with Crippen molar-refractivity contribution in [1.29, 1.82) is 0 Å². The normalized spacial score (nSPS) is 9.80. The monoisotopic (exact) mass is 139 g/mol. The highest BCUT2D eigenvalue weighted by Crippen LogP contribution is 2.04. The van der Waals surface area contributed by atoms with Crippen molar-refractivity contribution < 1.29 is 4.39 Å². The van der Waals surface area contributed by atoms with Gasteiger partial charge in [0.2, 0.25) is 5.95 Å². The average Bonchev–Trinajstić information content (AvgIpc) is 1.94. The van der Waals surface area contributed by atoms with Crippen LogP contribution in [0.2, 0.25) is 0 Å². The van der Waals surface area contributed by atoms with Crippen LogP contribution in [0.25, 0.3) is 0 Å². The van der Waals surface area contributed by atoms with Crippen LogP contribution in [0.4, 0.5) is 4.39 Å². The van der Waals surface area contributed by atoms with Crippen LogP contribution in [0, 0.1) is 5.95 Å². The molecule has 0 saturated carbocycles. The first-order chi connectivity index (χ1) is 4.84. The van der Waals surface area contributed by atoms with E-state index >= 15 is 0 Å². The molecule has 0 N–H and O–H groups in total. The van der Waals surface area contributed by atoms with Crippen LogP contribution < -0.4 is 0 Å². The Morgan fingerprint density at radius 3 is 3.00 bits per heavy atom. The predicted molar refractivity (Wildman–Crippen MR) is 38.2 cm³/mol. The van der Waals surface area contributed by atoms with Crippen molar-refractivity contribution in [2.75, 3.05) is 0 Å². The molecule has 1 aromatic rings. The first-order valence-corrected chi connectivity index (χ1v) is 3.44. The maximum absolute atomic E-state index is 12.7. The van der Waals surface area contributed by atoms with Gasteiger partial charge in [0.25, 0.3) is 0 Å². The van der Waals surface area contributed by atoms with Crippen molar-refractivity contribution >= 4 is 0 Å². The van der Waals surface area contributed by atoms with Gasteiger partial charge in [0.15, 0.2) is 0 Å². The molecule has 0 aromatic carbocycles. The van der Waals surface area contributed by atoms with E-state index in [4.69, 9.17) is 0 Å². The van der Waals surface area contributed by atoms with Crippen molar-refractivity contribution in [3.63, 3.8) is 0 Å². The van der Waals surface area contributed by atoms with E-state index in [0.717, 1.165) is 12.8 Å². The van der Waals surface area contributed by atoms with E-state index in [1.54, 1.807) is 12.1 Å². The summed E-state index contributed by atoms with van der Waals surface area (Å²) >= 11 is 0. The van der Waals surface area contributed by atoms with E-state index < -0.39 is 0 Å². The van der Waals surface area contributed by atoms with Gasteiger partial charge in [-0.05, 0) is 12.5 Å². The molecule has 0 aliphatic carbocycles. The van der Waals surface area contributed by atoms with E-state index in [-0.39, 0.29) is 5.95 Å². The molecule has 1 rings (SSSR count). The van der Waals surface area contributed by atoms with E-state index in [0.29, 0.717) is 5.56 Å². The van der Waals surface area contributed by atoms with Crippen LogP contribution >= 0.6 is 0 Å². The lowest BCUT2D eigenvalue weighted by atomic mass is 10.2. The molecule has 0 spiro atoms. The Hall–Kier alpha value is -0.920. The second-order valence-corrected chi connectivity index (χ2v) is 2.20. The third-order valence-electron chi connectivity index (χ3n) is 1.36. The van der Waals surface area contributed by atoms with Gasteiger partial charge in [0, 0.05) is 11.8 Å². The van der Waals surface area contributed by atoms with Crippen molar-refractivity contribution in [1.82, 2.24) is 4.98 Å². The van der Waals surface area contributed by atoms with E-state index in [1.165, 1.54) is 6.20 Å². The standard InChI is InChI=1S/C8H10FN/c1-2-4-7-5-3-6-10-8(7)9/h3,5-6H,2,4H2,1H3. The molecule has 2 heteroatoms. The van der Waals surface area contributed by atoms with Crippen LogP contribution in [-0.4, -0.2) is 4.98 Å². The van der Waals surface area contributed by atoms with E-state index in [1.807, 2.05) is 6.92 Å². The summed E-state index contributed by atoms with van der Waals surface area (Å²) in [5, 5.41) is 0. The number of halogens is 1. The number of hydrogen-bond acceptors (Lipinski definition) is 1. The quantitative estimate of drug-likeness (QED) is 0.572. The first kappa shape index (κ1) is 7.19. The fourth-order valence-corrected chi connectivity index (χ4v) is 0.875. The molecule has 0 amide bonds. The van der Waals surface area contributed by atoms with Crippen LogP contribution in [0.15, 0.2) is 18.3 Å². The van der Waals surface area contributed by atoms with Gasteiger partial charge in [0.05, 0.1) is 0 Å². The van der Waals surface area contributed by atoms with Crippen molar-refractivity contribution in [2.24, 2.45) is 0 Å². The number of hydrogen-bond donors (Lipinski definition) is 0. The highest BCUT2D eigenvalue weighted by molar-refractivity contribution is 5.10. The first-order valence-electron chi connectivity index (χ1n) is 3.44. The Bertz CT molecular complexity index is 210. The lowest BCUT2D eigenvalue weighted by molar-refractivity contribution is 0.564. The van der Waals surface area contributed by atoms with Gasteiger partial charge in [-0.25, -0.2) is 4.98 Å². The van der Waals surface area contributed by atoms with Crippen LogP contribution in [0.5, 0.6) is 0 Å². The molecule has 0 aliphatic heterocycles. The zero-order valence-electron chi connectivity index (χ0n) is 5.97. The molecule has 0 unspecified atom stereocenters. The van der Waals surface area contributed by atoms with Gasteiger partial charge in [-0.3, -0.25) is 0 Å². The van der Waals surface area contributed by atoms with Gasteiger partial charge in [-0.1, -0.05) is 19.4 Å². The van der Waals surface area contributed by atoms with E-state index in [2.05, 4.69) is 4.98 Å². The summed E-state index contributed by atoms with van der Waals surface area (Å²) in [6.45, 7) is 2.02. The molecule has 0 saturated heterocycles. The molecule has 0 atom stereocenters. The van der Waals surface area contributed by atoms with Crippen LogP contribution in [0.1, 0.15) is 18.9 Å². The van der Waals surface area contributed by atoms with Gasteiger partial charge < -0.3 is 0 Å². The van der Waals surface area contributed by atoms with Gasteiger partial charge in [-0.15, -0.1) is 0 Å². The second-order valence-electron chi connectivity index (χ2n) is 2.20. The molecule has 54 valence electrons. The topological polar surface area (TPSA) is 12.9 Å². The molecule has 10 heavy (non-hydrogen) atoms. The summed E-state index contributed by atoms with van der Waals surface area (Å²) in [4.78, 5) is 3.53. The Kier molecular flexibility index (Phi) is 2.37. The van der Waals surface area contributed by atoms with Crippen molar-refractivity contribution in [3.8, 4) is 0 Å². The van der Waals surface area contributed by atoms with Gasteiger partial charge >= 0.3 is 0 Å². The Labute approximate surface area is 59.9 Å². The molecule has 0 fully saturated rings. The lowest BCUT2D eigenvalue weighted by Crippen LogP contribution is -1.91. The Morgan fingerprint density at radius 1 is 1.60 bits per heavy atom. The SMILES string of the molecule is CCCc1cccnc1F. The predicted octanol–water partition coefficient (Wildman–Crippen LogP) is 2.17. The molecule has 1 aromatic heterocycles. The fraction of sp³-hybridized carbons (Fsp3) is 0.375. The number of pyridine rings is 1. The minimum Gasteiger partial charge on any atom is -0.228 e. The Balaban J connectivity index is 2.81. The molecule has 0 bridgehead atoms. The van der Waals surface area contributed by atoms with Crippen molar-refractivity contribution in [3.05, 3.63) is 29.8 Å². The maximum atomic E-state index is 12.7. The van der Waals surface area contributed by atoms with Crippen LogP contribution in [-0.2, 0) is 6.42 Å². The lowest BCUT2D eigenvalue weighted by Gasteiger charge is -1.96. The smallest absolute Gasteiger partial charge is 0.216 e. The molecule has 0 radical (unpaired) electrons. The molecular weight excluding hydrogens is 129 g/mol. The summed E-state index contributed by atoms with van der Waals surface area (Å²) in [6, 6.07) is 3.53. The number of aromatic nitrogens is 1. The molecule has 1 heterocycles. The number of nitrogens with zero attached hydrogens (tertiary/aromatic N) is 1. The minimum atomic E-state index is -0.329. The van der Waals surface area contributed by atoms with Gasteiger partial charge in [0.1, 0.15) is 0 Å². The highest BCUT2D eigenvalue weighted by Gasteiger charge is 1.98. The third kappa shape index (κ3) is 1.53. The van der Waals surface area contributed by atoms with Crippen molar-refractivity contribution in [2.45, 2.75) is 19.8 Å². The zero-order chi connectivity index (χ0) is 7.40. The maximum Gasteiger partial charge on any atom is 0.216 e. The Morgan fingerprint density at radius 2 is 2.40 bits per heavy atom. The molecule has 0 aliphatic rings. The highest BCUT2D eigenvalue weighted by atomic mass is 19.1. The summed E-state index contributed by atoms with van der Waals surface area (Å²) in [5.74, 6) is -0.329. The number of aryl methyl sites for hydroxylation is 1. The molecular formula is C8H10FN. The largest absolute Gasteiger partial charge is 0.228 e. The summed E-state index contributed by atoms with van der Waals surface area (Å²) < 4.78 is 12.7. The molecule has 1 nitrogen and oxygen atoms in total. The van der Waals surface area contributed by atoms with Crippen LogP contribution in [0.3, 0.4) is 0 Å². The third-order valence-corrected chi connectivity index (χ3v) is 1.36. The fourth-order valence-electron chi connectivity index (χ4n) is 0.875.